The molecule has 1 aliphatic rings. The summed E-state index contributed by atoms with van der Waals surface area (Å²) in [4.78, 5) is 0. The third-order valence-electron chi connectivity index (χ3n) is 3.33. The number of aliphatic hydroxyl groups is 1. The van der Waals surface area contributed by atoms with E-state index < -0.39 is 0 Å². The lowest BCUT2D eigenvalue weighted by molar-refractivity contribution is 0.153. The van der Waals surface area contributed by atoms with E-state index >= 15 is 0 Å². The number of unbranched alkanes of at least 4 members (excludes halogenated alkanes) is 2. The minimum atomic E-state index is 0.367. The van der Waals surface area contributed by atoms with Crippen LogP contribution in [0.5, 0.6) is 0 Å². The van der Waals surface area contributed by atoms with E-state index in [-0.39, 0.29) is 0 Å². The molecule has 0 aromatic rings. The zero-order valence-corrected chi connectivity index (χ0v) is 9.47. The summed E-state index contributed by atoms with van der Waals surface area (Å²) in [6.45, 7) is 3.73. The minimum absolute atomic E-state index is 0.367. The van der Waals surface area contributed by atoms with Crippen LogP contribution in [0.1, 0.15) is 51.9 Å². The molecule has 1 rings (SSSR count). The van der Waals surface area contributed by atoms with Crippen molar-refractivity contribution in [3.63, 3.8) is 0 Å². The summed E-state index contributed by atoms with van der Waals surface area (Å²) in [5.41, 5.74) is 0. The molecule has 14 heavy (non-hydrogen) atoms. The van der Waals surface area contributed by atoms with Gasteiger partial charge >= 0.3 is 0 Å². The lowest BCUT2D eigenvalue weighted by atomic mass is 9.85. The van der Waals surface area contributed by atoms with Crippen molar-refractivity contribution in [1.82, 2.24) is 5.32 Å². The molecule has 0 heterocycles. The summed E-state index contributed by atoms with van der Waals surface area (Å²) in [7, 11) is 0. The van der Waals surface area contributed by atoms with Crippen molar-refractivity contribution in [3.05, 3.63) is 0 Å². The second-order valence-electron chi connectivity index (χ2n) is 4.49. The molecule has 0 spiro atoms. The molecule has 0 saturated heterocycles. The van der Waals surface area contributed by atoms with Gasteiger partial charge in [0.25, 0.3) is 0 Å². The van der Waals surface area contributed by atoms with E-state index in [4.69, 9.17) is 0 Å². The van der Waals surface area contributed by atoms with Gasteiger partial charge in [-0.2, -0.15) is 0 Å². The van der Waals surface area contributed by atoms with Crippen molar-refractivity contribution in [1.29, 1.82) is 0 Å². The van der Waals surface area contributed by atoms with Gasteiger partial charge in [0.05, 0.1) is 0 Å². The van der Waals surface area contributed by atoms with E-state index in [2.05, 4.69) is 12.2 Å². The Hall–Kier alpha value is -0.0800. The maximum Gasteiger partial charge on any atom is 0.0474 e. The summed E-state index contributed by atoms with van der Waals surface area (Å²) in [6, 6.07) is 0.589. The van der Waals surface area contributed by atoms with E-state index in [1.807, 2.05) is 0 Å². The van der Waals surface area contributed by atoms with E-state index in [0.717, 1.165) is 6.54 Å². The number of nitrogens with one attached hydrogen (secondary N) is 1. The van der Waals surface area contributed by atoms with Crippen LogP contribution < -0.4 is 5.32 Å². The van der Waals surface area contributed by atoms with Gasteiger partial charge in [-0.25, -0.2) is 0 Å². The molecule has 0 radical (unpaired) electrons. The molecule has 0 aliphatic heterocycles. The monoisotopic (exact) mass is 199 g/mol. The van der Waals surface area contributed by atoms with Gasteiger partial charge in [0.15, 0.2) is 0 Å². The SMILES string of the molecule is CCCCCNC1CCCCC1CO. The maximum atomic E-state index is 9.22. The van der Waals surface area contributed by atoms with Crippen molar-refractivity contribution in [2.45, 2.75) is 57.9 Å². The van der Waals surface area contributed by atoms with Crippen molar-refractivity contribution in [2.75, 3.05) is 13.2 Å². The molecule has 0 amide bonds. The molecule has 2 N–H and O–H groups in total. The Labute approximate surface area is 88.1 Å². The average Bonchev–Trinajstić information content (AvgIpc) is 2.25. The van der Waals surface area contributed by atoms with Gasteiger partial charge < -0.3 is 10.4 Å². The molecule has 0 aromatic carbocycles. The van der Waals surface area contributed by atoms with Crippen LogP contribution in [0.2, 0.25) is 0 Å². The molecule has 1 fully saturated rings. The fourth-order valence-electron chi connectivity index (χ4n) is 2.36. The van der Waals surface area contributed by atoms with Gasteiger partial charge in [0.1, 0.15) is 0 Å². The van der Waals surface area contributed by atoms with Crippen LogP contribution >= 0.6 is 0 Å². The first-order chi connectivity index (χ1) is 6.88. The van der Waals surface area contributed by atoms with Crippen molar-refractivity contribution < 1.29 is 5.11 Å². The maximum absolute atomic E-state index is 9.22. The predicted octanol–water partition coefficient (Wildman–Crippen LogP) is 2.32. The summed E-state index contributed by atoms with van der Waals surface area (Å²) < 4.78 is 0. The van der Waals surface area contributed by atoms with Crippen LogP contribution in [0.25, 0.3) is 0 Å². The van der Waals surface area contributed by atoms with E-state index in [0.29, 0.717) is 18.6 Å². The van der Waals surface area contributed by atoms with Gasteiger partial charge in [-0.05, 0) is 31.7 Å². The summed E-state index contributed by atoms with van der Waals surface area (Å²) >= 11 is 0. The summed E-state index contributed by atoms with van der Waals surface area (Å²) in [5.74, 6) is 0.519. The van der Waals surface area contributed by atoms with Crippen molar-refractivity contribution >= 4 is 0 Å². The third-order valence-corrected chi connectivity index (χ3v) is 3.33. The molecule has 2 nitrogen and oxygen atoms in total. The first-order valence-electron chi connectivity index (χ1n) is 6.22. The van der Waals surface area contributed by atoms with E-state index in [9.17, 15) is 5.11 Å². The van der Waals surface area contributed by atoms with Crippen LogP contribution in [-0.2, 0) is 0 Å². The van der Waals surface area contributed by atoms with Crippen LogP contribution in [0, 0.1) is 5.92 Å². The van der Waals surface area contributed by atoms with Gasteiger partial charge in [-0.1, -0.05) is 32.6 Å². The number of aliphatic hydroxyl groups excluding tert-OH is 1. The normalized spacial score (nSPS) is 27.9. The second kappa shape index (κ2) is 7.24. The quantitative estimate of drug-likeness (QED) is 0.643. The second-order valence-corrected chi connectivity index (χ2v) is 4.49. The smallest absolute Gasteiger partial charge is 0.0474 e. The highest BCUT2D eigenvalue weighted by molar-refractivity contribution is 4.80. The zero-order chi connectivity index (χ0) is 10.2. The highest BCUT2D eigenvalue weighted by atomic mass is 16.3. The molecule has 0 aromatic heterocycles. The largest absolute Gasteiger partial charge is 0.396 e. The average molecular weight is 199 g/mol. The highest BCUT2D eigenvalue weighted by Crippen LogP contribution is 2.23. The summed E-state index contributed by atoms with van der Waals surface area (Å²) in [5, 5.41) is 12.8. The van der Waals surface area contributed by atoms with E-state index in [1.54, 1.807) is 0 Å². The van der Waals surface area contributed by atoms with Crippen molar-refractivity contribution in [2.24, 2.45) is 5.92 Å². The topological polar surface area (TPSA) is 32.3 Å². The lowest BCUT2D eigenvalue weighted by Crippen LogP contribution is -2.40. The molecule has 84 valence electrons. The third kappa shape index (κ3) is 3.97. The molecular formula is C12H25NO. The fourth-order valence-corrected chi connectivity index (χ4v) is 2.36. The molecule has 0 bridgehead atoms. The Balaban J connectivity index is 2.13. The fraction of sp³-hybridized carbons (Fsp3) is 1.00. The Kier molecular flexibility index (Phi) is 6.20. The molecule has 2 unspecified atom stereocenters. The number of rotatable bonds is 6. The summed E-state index contributed by atoms with van der Waals surface area (Å²) in [6.07, 6.45) is 9.00. The van der Waals surface area contributed by atoms with Crippen LogP contribution in [0.3, 0.4) is 0 Å². The van der Waals surface area contributed by atoms with Crippen LogP contribution in [0.15, 0.2) is 0 Å². The van der Waals surface area contributed by atoms with Gasteiger partial charge in [-0.15, -0.1) is 0 Å². The molecular weight excluding hydrogens is 174 g/mol. The lowest BCUT2D eigenvalue weighted by Gasteiger charge is -2.31. The van der Waals surface area contributed by atoms with Gasteiger partial charge in [0.2, 0.25) is 0 Å². The minimum Gasteiger partial charge on any atom is -0.396 e. The standard InChI is InChI=1S/C12H25NO/c1-2-3-6-9-13-12-8-5-4-7-11(12)10-14/h11-14H,2-10H2,1H3. The van der Waals surface area contributed by atoms with Crippen LogP contribution in [0.4, 0.5) is 0 Å². The van der Waals surface area contributed by atoms with E-state index in [1.165, 1.54) is 44.9 Å². The molecule has 1 aliphatic carbocycles. The Morgan fingerprint density at radius 2 is 2.00 bits per heavy atom. The zero-order valence-electron chi connectivity index (χ0n) is 9.47. The van der Waals surface area contributed by atoms with Crippen molar-refractivity contribution in [3.8, 4) is 0 Å². The molecule has 2 heteroatoms. The molecule has 2 atom stereocenters. The first-order valence-corrected chi connectivity index (χ1v) is 6.22. The Bertz CT molecular complexity index is 138. The number of hydrogen-bond acceptors (Lipinski definition) is 2. The number of hydrogen-bond donors (Lipinski definition) is 2. The molecule has 1 saturated carbocycles. The highest BCUT2D eigenvalue weighted by Gasteiger charge is 2.23. The Morgan fingerprint density at radius 3 is 2.71 bits per heavy atom. The predicted molar refractivity (Wildman–Crippen MR) is 60.4 cm³/mol. The first kappa shape index (κ1) is 12.0. The van der Waals surface area contributed by atoms with Crippen LogP contribution in [-0.4, -0.2) is 24.3 Å². The van der Waals surface area contributed by atoms with Gasteiger partial charge in [-0.3, -0.25) is 0 Å². The Morgan fingerprint density at radius 1 is 1.21 bits per heavy atom. The van der Waals surface area contributed by atoms with Gasteiger partial charge in [0, 0.05) is 12.6 Å².